The summed E-state index contributed by atoms with van der Waals surface area (Å²) < 4.78 is 1.18. The molecular formula is C22H19N3O2S. The first kappa shape index (κ1) is 18.1. The molecule has 0 saturated heterocycles. The summed E-state index contributed by atoms with van der Waals surface area (Å²) in [6.45, 7) is 3.98. The molecule has 0 radical (unpaired) electrons. The van der Waals surface area contributed by atoms with E-state index in [0.29, 0.717) is 10.2 Å². The predicted molar refractivity (Wildman–Crippen MR) is 113 cm³/mol. The van der Waals surface area contributed by atoms with E-state index in [-0.39, 0.29) is 17.9 Å². The molecule has 2 heterocycles. The highest BCUT2D eigenvalue weighted by Gasteiger charge is 2.17. The highest BCUT2D eigenvalue weighted by Crippen LogP contribution is 2.35. The van der Waals surface area contributed by atoms with Gasteiger partial charge in [-0.1, -0.05) is 60.2 Å². The third kappa shape index (κ3) is 3.46. The average Bonchev–Trinajstić information content (AvgIpc) is 3.03. The Morgan fingerprint density at radius 1 is 1.07 bits per heavy atom. The van der Waals surface area contributed by atoms with E-state index < -0.39 is 0 Å². The van der Waals surface area contributed by atoms with E-state index in [2.05, 4.69) is 10.4 Å². The molecule has 4 rings (SSSR count). The van der Waals surface area contributed by atoms with Gasteiger partial charge in [0, 0.05) is 10.4 Å². The normalized spacial score (nSPS) is 10.9. The first-order chi connectivity index (χ1) is 13.5. The molecule has 0 atom stereocenters. The number of carbonyl (C=O) groups excluding carboxylic acids is 1. The molecule has 0 bridgehead atoms. The lowest BCUT2D eigenvalue weighted by Gasteiger charge is -2.09. The number of aryl methyl sites for hydroxylation is 2. The zero-order valence-corrected chi connectivity index (χ0v) is 16.4. The number of aromatic nitrogens is 2. The molecule has 5 nitrogen and oxygen atoms in total. The van der Waals surface area contributed by atoms with E-state index >= 15 is 0 Å². The summed E-state index contributed by atoms with van der Waals surface area (Å²) in [5, 5.41) is 0.534. The topological polar surface area (TPSA) is 64.0 Å². The molecule has 6 heteroatoms. The number of amides is 1. The molecule has 0 unspecified atom stereocenters. The molecule has 1 N–H and O–H groups in total. The van der Waals surface area contributed by atoms with Crippen LogP contribution in [0.2, 0.25) is 0 Å². The van der Waals surface area contributed by atoms with Crippen molar-refractivity contribution < 1.29 is 4.79 Å². The van der Waals surface area contributed by atoms with E-state index in [1.807, 2.05) is 68.4 Å². The molecule has 0 spiro atoms. The lowest BCUT2D eigenvalue weighted by Crippen LogP contribution is -2.34. The maximum Gasteiger partial charge on any atom is 0.281 e. The third-order valence-electron chi connectivity index (χ3n) is 4.58. The van der Waals surface area contributed by atoms with E-state index in [9.17, 15) is 9.59 Å². The Morgan fingerprint density at radius 3 is 2.50 bits per heavy atom. The molecule has 0 aliphatic carbocycles. The van der Waals surface area contributed by atoms with Crippen LogP contribution in [-0.2, 0) is 11.2 Å². The largest absolute Gasteiger partial charge is 0.281 e. The van der Waals surface area contributed by atoms with Crippen molar-refractivity contribution in [1.82, 2.24) is 9.66 Å². The lowest BCUT2D eigenvalue weighted by molar-refractivity contribution is -0.116. The van der Waals surface area contributed by atoms with Gasteiger partial charge in [0.1, 0.15) is 11.2 Å². The number of nitrogens with one attached hydrogen (secondary N) is 1. The zero-order chi connectivity index (χ0) is 19.7. The van der Waals surface area contributed by atoms with E-state index in [0.717, 1.165) is 27.1 Å². The number of thiophene rings is 1. The van der Waals surface area contributed by atoms with Crippen LogP contribution in [0.3, 0.4) is 0 Å². The Balaban J connectivity index is 1.69. The second kappa shape index (κ2) is 7.40. The summed E-state index contributed by atoms with van der Waals surface area (Å²) in [6.07, 6.45) is 1.57. The molecule has 2 aromatic heterocycles. The van der Waals surface area contributed by atoms with Crippen LogP contribution < -0.4 is 11.0 Å². The third-order valence-corrected chi connectivity index (χ3v) is 5.59. The molecule has 28 heavy (non-hydrogen) atoms. The van der Waals surface area contributed by atoms with Gasteiger partial charge in [-0.15, -0.1) is 11.3 Å². The quantitative estimate of drug-likeness (QED) is 0.573. The predicted octanol–water partition coefficient (Wildman–Crippen LogP) is 4.05. The van der Waals surface area contributed by atoms with Crippen molar-refractivity contribution in [2.24, 2.45) is 0 Å². The maximum atomic E-state index is 13.1. The van der Waals surface area contributed by atoms with Crippen molar-refractivity contribution in [1.29, 1.82) is 0 Å². The number of nitrogens with zero attached hydrogens (tertiary/aromatic N) is 2. The van der Waals surface area contributed by atoms with Gasteiger partial charge in [0.05, 0.1) is 11.8 Å². The summed E-state index contributed by atoms with van der Waals surface area (Å²) in [5.41, 5.74) is 6.26. The van der Waals surface area contributed by atoms with Gasteiger partial charge in [-0.3, -0.25) is 15.0 Å². The highest BCUT2D eigenvalue weighted by molar-refractivity contribution is 7.19. The Bertz CT molecular complexity index is 1210. The molecule has 0 saturated carbocycles. The molecule has 140 valence electrons. The number of hydrogen-bond acceptors (Lipinski definition) is 4. The maximum absolute atomic E-state index is 13.1. The average molecular weight is 389 g/mol. The number of carbonyl (C=O) groups is 1. The first-order valence-electron chi connectivity index (χ1n) is 8.94. The molecule has 0 fully saturated rings. The van der Waals surface area contributed by atoms with E-state index in [1.54, 1.807) is 0 Å². The van der Waals surface area contributed by atoms with Gasteiger partial charge in [0.15, 0.2) is 0 Å². The molecular weight excluding hydrogens is 370 g/mol. The number of hydrogen-bond donors (Lipinski definition) is 1. The SMILES string of the molecule is Cc1ccc(CC(=O)Nn2cnc3sc(C)c(-c4ccccc4)c3c2=O)cc1. The Hall–Kier alpha value is -3.25. The van der Waals surface area contributed by atoms with Gasteiger partial charge >= 0.3 is 0 Å². The van der Waals surface area contributed by atoms with Gasteiger partial charge in [-0.05, 0) is 25.0 Å². The van der Waals surface area contributed by atoms with Gasteiger partial charge in [-0.25, -0.2) is 9.66 Å². The minimum Gasteiger partial charge on any atom is -0.273 e. The van der Waals surface area contributed by atoms with Crippen molar-refractivity contribution in [3.05, 3.63) is 87.3 Å². The second-order valence-corrected chi connectivity index (χ2v) is 7.90. The smallest absolute Gasteiger partial charge is 0.273 e. The summed E-state index contributed by atoms with van der Waals surface area (Å²) >= 11 is 1.48. The van der Waals surface area contributed by atoms with Gasteiger partial charge in [0.25, 0.3) is 5.56 Å². The zero-order valence-electron chi connectivity index (χ0n) is 15.6. The molecule has 1 amide bonds. The number of rotatable bonds is 4. The Kier molecular flexibility index (Phi) is 4.79. The Morgan fingerprint density at radius 2 is 1.79 bits per heavy atom. The van der Waals surface area contributed by atoms with Crippen LogP contribution in [0.5, 0.6) is 0 Å². The summed E-state index contributed by atoms with van der Waals surface area (Å²) in [4.78, 5) is 31.6. The summed E-state index contributed by atoms with van der Waals surface area (Å²) in [6, 6.07) is 17.5. The highest BCUT2D eigenvalue weighted by atomic mass is 32.1. The van der Waals surface area contributed by atoms with Crippen LogP contribution in [0.4, 0.5) is 0 Å². The van der Waals surface area contributed by atoms with Crippen molar-refractivity contribution >= 4 is 27.5 Å². The summed E-state index contributed by atoms with van der Waals surface area (Å²) in [5.74, 6) is -0.264. The second-order valence-electron chi connectivity index (χ2n) is 6.70. The van der Waals surface area contributed by atoms with Crippen molar-refractivity contribution in [3.63, 3.8) is 0 Å². The number of fused-ring (bicyclic) bond motifs is 1. The van der Waals surface area contributed by atoms with E-state index in [1.165, 1.54) is 22.3 Å². The van der Waals surface area contributed by atoms with Crippen molar-refractivity contribution in [2.45, 2.75) is 20.3 Å². The Labute approximate surface area is 166 Å². The van der Waals surface area contributed by atoms with Crippen molar-refractivity contribution in [2.75, 3.05) is 5.43 Å². The van der Waals surface area contributed by atoms with Crippen LogP contribution in [0, 0.1) is 13.8 Å². The van der Waals surface area contributed by atoms with Crippen molar-refractivity contribution in [3.8, 4) is 11.1 Å². The minimum absolute atomic E-state index is 0.193. The minimum atomic E-state index is -0.273. The fourth-order valence-electron chi connectivity index (χ4n) is 3.20. The van der Waals surface area contributed by atoms with Crippen LogP contribution in [0.25, 0.3) is 21.3 Å². The molecule has 0 aliphatic heterocycles. The number of benzene rings is 2. The summed E-state index contributed by atoms with van der Waals surface area (Å²) in [7, 11) is 0. The standard InChI is InChI=1S/C22H19N3O2S/c1-14-8-10-16(11-9-14)12-18(26)24-25-13-23-21-20(22(25)27)19(15(2)28-21)17-6-4-3-5-7-17/h3-11,13H,12H2,1-2H3,(H,24,26). The van der Waals surface area contributed by atoms with Crippen LogP contribution in [-0.4, -0.2) is 15.6 Å². The van der Waals surface area contributed by atoms with E-state index in [4.69, 9.17) is 0 Å². The fraction of sp³-hybridized carbons (Fsp3) is 0.136. The molecule has 2 aromatic carbocycles. The van der Waals surface area contributed by atoms with Gasteiger partial charge in [-0.2, -0.15) is 0 Å². The molecule has 4 aromatic rings. The molecule has 0 aliphatic rings. The van der Waals surface area contributed by atoms with Crippen LogP contribution in [0.15, 0.2) is 65.7 Å². The van der Waals surface area contributed by atoms with Gasteiger partial charge in [0.2, 0.25) is 5.91 Å². The lowest BCUT2D eigenvalue weighted by atomic mass is 10.0. The van der Waals surface area contributed by atoms with Gasteiger partial charge < -0.3 is 0 Å². The monoisotopic (exact) mass is 389 g/mol. The fourth-order valence-corrected chi connectivity index (χ4v) is 4.20. The van der Waals surface area contributed by atoms with Crippen LogP contribution >= 0.6 is 11.3 Å². The first-order valence-corrected chi connectivity index (χ1v) is 9.76. The van der Waals surface area contributed by atoms with Crippen LogP contribution in [0.1, 0.15) is 16.0 Å².